The third-order valence-corrected chi connectivity index (χ3v) is 5.30. The Hall–Kier alpha value is -2.43. The first-order valence-electron chi connectivity index (χ1n) is 8.40. The van der Waals surface area contributed by atoms with Gasteiger partial charge in [0.2, 0.25) is 0 Å². The zero-order chi connectivity index (χ0) is 17.2. The van der Waals surface area contributed by atoms with Gasteiger partial charge in [0.15, 0.2) is 0 Å². The number of thiophene rings is 1. The van der Waals surface area contributed by atoms with Crippen LogP contribution < -0.4 is 5.32 Å². The first-order valence-corrected chi connectivity index (χ1v) is 9.35. The highest BCUT2D eigenvalue weighted by atomic mass is 32.1. The Balaban J connectivity index is 1.74. The van der Waals surface area contributed by atoms with Gasteiger partial charge < -0.3 is 5.11 Å². The molecule has 0 radical (unpaired) electrons. The van der Waals surface area contributed by atoms with Gasteiger partial charge in [-0.3, -0.25) is 10.3 Å². The fourth-order valence-electron chi connectivity index (χ4n) is 3.21. The molecule has 1 aliphatic rings. The fourth-order valence-corrected chi connectivity index (χ4v) is 3.89. The molecule has 0 saturated carbocycles. The normalized spacial score (nSPS) is 20.3. The number of para-hydroxylation sites is 1. The second-order valence-corrected chi connectivity index (χ2v) is 7.16. The lowest BCUT2D eigenvalue weighted by Crippen LogP contribution is -2.32. The zero-order valence-corrected chi connectivity index (χ0v) is 14.8. The van der Waals surface area contributed by atoms with Crippen molar-refractivity contribution in [3.8, 4) is 5.75 Å². The van der Waals surface area contributed by atoms with Crippen molar-refractivity contribution < 1.29 is 5.11 Å². The number of nitrogens with zero attached hydrogens (tertiary/aromatic N) is 1. The molecule has 2 aromatic carbocycles. The van der Waals surface area contributed by atoms with Crippen molar-refractivity contribution in [2.24, 2.45) is 4.99 Å². The summed E-state index contributed by atoms with van der Waals surface area (Å²) in [6.07, 6.45) is 0.655. The molecule has 0 saturated heterocycles. The first kappa shape index (κ1) is 16.1. The van der Waals surface area contributed by atoms with Crippen LogP contribution in [0.5, 0.6) is 5.75 Å². The Morgan fingerprint density at radius 1 is 1.08 bits per heavy atom. The summed E-state index contributed by atoms with van der Waals surface area (Å²) in [5.41, 5.74) is 5.54. The molecule has 3 nitrogen and oxygen atoms in total. The molecule has 4 heteroatoms. The van der Waals surface area contributed by atoms with Crippen LogP contribution in [0.1, 0.15) is 40.9 Å². The Kier molecular flexibility index (Phi) is 4.38. The van der Waals surface area contributed by atoms with Crippen LogP contribution in [-0.2, 0) is 0 Å². The van der Waals surface area contributed by atoms with Crippen molar-refractivity contribution in [2.45, 2.75) is 25.6 Å². The average Bonchev–Trinajstić information content (AvgIpc) is 3.17. The summed E-state index contributed by atoms with van der Waals surface area (Å²) < 4.78 is 0. The molecule has 2 heterocycles. The van der Waals surface area contributed by atoms with Gasteiger partial charge in [-0.15, -0.1) is 0 Å². The van der Waals surface area contributed by atoms with Gasteiger partial charge in [-0.2, -0.15) is 11.3 Å². The molecule has 0 bridgehead atoms. The Bertz CT molecular complexity index is 885. The number of hydrogen-bond donors (Lipinski definition) is 2. The molecule has 0 aliphatic carbocycles. The van der Waals surface area contributed by atoms with Crippen molar-refractivity contribution >= 4 is 17.0 Å². The molecule has 2 atom stereocenters. The molecular weight excluding hydrogens is 328 g/mol. The van der Waals surface area contributed by atoms with Crippen LogP contribution in [0, 0.1) is 6.92 Å². The number of aromatic hydroxyl groups is 1. The minimum atomic E-state index is -0.0964. The monoisotopic (exact) mass is 348 g/mol. The molecule has 2 N–H and O–H groups in total. The molecule has 126 valence electrons. The summed E-state index contributed by atoms with van der Waals surface area (Å²) in [5.74, 6) is 0.328. The van der Waals surface area contributed by atoms with Gasteiger partial charge in [-0.05, 0) is 35.4 Å². The maximum Gasteiger partial charge on any atom is 0.127 e. The molecule has 1 aromatic heterocycles. The van der Waals surface area contributed by atoms with E-state index in [-0.39, 0.29) is 12.2 Å². The quantitative estimate of drug-likeness (QED) is 0.701. The second kappa shape index (κ2) is 6.82. The molecule has 1 aliphatic heterocycles. The summed E-state index contributed by atoms with van der Waals surface area (Å²) in [6, 6.07) is 18.2. The summed E-state index contributed by atoms with van der Waals surface area (Å²) in [5, 5.41) is 18.1. The van der Waals surface area contributed by atoms with Gasteiger partial charge in [0, 0.05) is 29.3 Å². The molecule has 25 heavy (non-hydrogen) atoms. The van der Waals surface area contributed by atoms with Crippen molar-refractivity contribution in [2.75, 3.05) is 0 Å². The van der Waals surface area contributed by atoms with Gasteiger partial charge in [0.1, 0.15) is 11.9 Å². The van der Waals surface area contributed by atoms with Crippen LogP contribution in [0.2, 0.25) is 0 Å². The molecule has 0 spiro atoms. The highest BCUT2D eigenvalue weighted by Gasteiger charge is 2.27. The van der Waals surface area contributed by atoms with Crippen LogP contribution in [-0.4, -0.2) is 10.8 Å². The molecule has 3 aromatic rings. The minimum Gasteiger partial charge on any atom is -0.508 e. The standard InChI is InChI=1S/C21H20N2OS/c1-14-6-8-15(9-7-14)18-12-19(17-4-2-3-5-20(17)24)23-21(22-18)16-10-11-25-13-16/h2-11,13,19,21,23-24H,12H2,1H3/t19-,21-/m0/s1. The van der Waals surface area contributed by atoms with E-state index in [1.54, 1.807) is 17.4 Å². The number of hydrogen-bond acceptors (Lipinski definition) is 4. The van der Waals surface area contributed by atoms with Crippen LogP contribution in [0.15, 0.2) is 70.3 Å². The lowest BCUT2D eigenvalue weighted by molar-refractivity contribution is 0.413. The Morgan fingerprint density at radius 3 is 2.60 bits per heavy atom. The third-order valence-electron chi connectivity index (χ3n) is 4.60. The Labute approximate surface area is 151 Å². The van der Waals surface area contributed by atoms with Gasteiger partial charge in [0.05, 0.1) is 0 Å². The van der Waals surface area contributed by atoms with E-state index in [4.69, 9.17) is 4.99 Å². The van der Waals surface area contributed by atoms with Crippen LogP contribution in [0.25, 0.3) is 0 Å². The van der Waals surface area contributed by atoms with E-state index < -0.39 is 0 Å². The van der Waals surface area contributed by atoms with Crippen molar-refractivity contribution in [3.05, 3.63) is 87.6 Å². The molecule has 0 fully saturated rings. The summed E-state index contributed by atoms with van der Waals surface area (Å²) in [7, 11) is 0. The Morgan fingerprint density at radius 2 is 1.88 bits per heavy atom. The predicted molar refractivity (Wildman–Crippen MR) is 103 cm³/mol. The highest BCUT2D eigenvalue weighted by Crippen LogP contribution is 2.34. The van der Waals surface area contributed by atoms with E-state index >= 15 is 0 Å². The third kappa shape index (κ3) is 3.36. The largest absolute Gasteiger partial charge is 0.508 e. The fraction of sp³-hybridized carbons (Fsp3) is 0.190. The molecular formula is C21H20N2OS. The van der Waals surface area contributed by atoms with Gasteiger partial charge in [0.25, 0.3) is 0 Å². The highest BCUT2D eigenvalue weighted by molar-refractivity contribution is 7.07. The van der Waals surface area contributed by atoms with Gasteiger partial charge in [-0.25, -0.2) is 0 Å². The lowest BCUT2D eigenvalue weighted by atomic mass is 9.93. The zero-order valence-electron chi connectivity index (χ0n) is 14.0. The summed E-state index contributed by atoms with van der Waals surface area (Å²) in [4.78, 5) is 4.96. The number of aryl methyl sites for hydroxylation is 1. The second-order valence-electron chi connectivity index (χ2n) is 6.38. The number of aliphatic imine (C=N–C) groups is 1. The smallest absolute Gasteiger partial charge is 0.127 e. The lowest BCUT2D eigenvalue weighted by Gasteiger charge is -2.30. The number of phenolic OH excluding ortho intramolecular Hbond substituents is 1. The average molecular weight is 348 g/mol. The molecule has 4 rings (SSSR count). The van der Waals surface area contributed by atoms with E-state index in [2.05, 4.69) is 53.3 Å². The van der Waals surface area contributed by atoms with Gasteiger partial charge in [-0.1, -0.05) is 48.0 Å². The van der Waals surface area contributed by atoms with Crippen LogP contribution in [0.3, 0.4) is 0 Å². The number of benzene rings is 2. The van der Waals surface area contributed by atoms with E-state index in [0.29, 0.717) is 5.75 Å². The van der Waals surface area contributed by atoms with Crippen molar-refractivity contribution in [1.29, 1.82) is 0 Å². The summed E-state index contributed by atoms with van der Waals surface area (Å²) in [6.45, 7) is 2.09. The van der Waals surface area contributed by atoms with E-state index in [9.17, 15) is 5.11 Å². The van der Waals surface area contributed by atoms with Crippen molar-refractivity contribution in [1.82, 2.24) is 5.32 Å². The van der Waals surface area contributed by atoms with E-state index in [1.807, 2.05) is 18.2 Å². The van der Waals surface area contributed by atoms with Gasteiger partial charge >= 0.3 is 0 Å². The van der Waals surface area contributed by atoms with E-state index in [0.717, 1.165) is 28.8 Å². The summed E-state index contributed by atoms with van der Waals surface area (Å²) >= 11 is 1.67. The molecule has 0 unspecified atom stereocenters. The maximum atomic E-state index is 10.3. The minimum absolute atomic E-state index is 0.0277. The van der Waals surface area contributed by atoms with E-state index in [1.165, 1.54) is 5.56 Å². The van der Waals surface area contributed by atoms with Crippen molar-refractivity contribution in [3.63, 3.8) is 0 Å². The maximum absolute atomic E-state index is 10.3. The number of phenols is 1. The number of rotatable bonds is 3. The first-order chi connectivity index (χ1) is 12.2. The predicted octanol–water partition coefficient (Wildman–Crippen LogP) is 4.98. The number of nitrogens with one attached hydrogen (secondary N) is 1. The van der Waals surface area contributed by atoms with Crippen LogP contribution in [0.4, 0.5) is 0 Å². The topological polar surface area (TPSA) is 44.6 Å². The SMILES string of the molecule is Cc1ccc(C2=N[C@H](c3ccsc3)N[C@H](c3ccccc3O)C2)cc1. The molecule has 0 amide bonds. The van der Waals surface area contributed by atoms with Crippen LogP contribution >= 0.6 is 11.3 Å².